The SMILES string of the molecule is CC1=NC=C(C(=O)NC(c2ccc(S(C)(=O)=O)c(F)c2)C(C)C)C(=O)C1c1cccc(C(F)F)c1. The average molecular weight is 507 g/mol. The first-order chi connectivity index (χ1) is 16.3. The molecule has 0 spiro atoms. The molecule has 3 rings (SSSR count). The lowest BCUT2D eigenvalue weighted by atomic mass is 9.84. The smallest absolute Gasteiger partial charge is 0.263 e. The molecule has 35 heavy (non-hydrogen) atoms. The van der Waals surface area contributed by atoms with Crippen molar-refractivity contribution < 1.29 is 31.2 Å². The Morgan fingerprint density at radius 1 is 1.09 bits per heavy atom. The quantitative estimate of drug-likeness (QED) is 0.552. The summed E-state index contributed by atoms with van der Waals surface area (Å²) in [5, 5.41) is 2.70. The summed E-state index contributed by atoms with van der Waals surface area (Å²) in [7, 11) is -3.77. The van der Waals surface area contributed by atoms with Gasteiger partial charge in [-0.2, -0.15) is 0 Å². The molecule has 1 aliphatic rings. The zero-order valence-corrected chi connectivity index (χ0v) is 20.4. The lowest BCUT2D eigenvalue weighted by Crippen LogP contribution is -2.37. The molecule has 0 aliphatic carbocycles. The van der Waals surface area contributed by atoms with Gasteiger partial charge in [-0.15, -0.1) is 0 Å². The van der Waals surface area contributed by atoms with E-state index in [0.717, 1.165) is 24.6 Å². The Balaban J connectivity index is 1.90. The van der Waals surface area contributed by atoms with Gasteiger partial charge in [-0.25, -0.2) is 21.6 Å². The van der Waals surface area contributed by atoms with E-state index in [1.165, 1.54) is 30.3 Å². The van der Waals surface area contributed by atoms with Gasteiger partial charge in [-0.05, 0) is 42.2 Å². The molecular weight excluding hydrogens is 481 g/mol. The van der Waals surface area contributed by atoms with Gasteiger partial charge >= 0.3 is 0 Å². The maximum absolute atomic E-state index is 14.5. The van der Waals surface area contributed by atoms with Crippen molar-refractivity contribution in [3.8, 4) is 0 Å². The van der Waals surface area contributed by atoms with Crippen molar-refractivity contribution in [2.45, 2.75) is 44.1 Å². The van der Waals surface area contributed by atoms with Crippen LogP contribution in [0.4, 0.5) is 13.2 Å². The van der Waals surface area contributed by atoms with Crippen LogP contribution < -0.4 is 5.32 Å². The van der Waals surface area contributed by atoms with Crippen molar-refractivity contribution in [2.24, 2.45) is 10.9 Å². The van der Waals surface area contributed by atoms with E-state index in [1.807, 2.05) is 0 Å². The maximum atomic E-state index is 14.5. The molecule has 10 heteroatoms. The molecular formula is C25H25F3N2O4S. The van der Waals surface area contributed by atoms with Crippen molar-refractivity contribution in [2.75, 3.05) is 6.26 Å². The number of halogens is 3. The minimum Gasteiger partial charge on any atom is -0.345 e. The molecule has 0 aromatic heterocycles. The number of hydrogen-bond acceptors (Lipinski definition) is 5. The van der Waals surface area contributed by atoms with Crippen LogP contribution in [0.25, 0.3) is 0 Å². The molecule has 186 valence electrons. The van der Waals surface area contributed by atoms with Crippen LogP contribution in [-0.4, -0.2) is 32.1 Å². The fourth-order valence-electron chi connectivity index (χ4n) is 3.95. The molecule has 0 radical (unpaired) electrons. The van der Waals surface area contributed by atoms with E-state index in [1.54, 1.807) is 20.8 Å². The van der Waals surface area contributed by atoms with E-state index in [9.17, 15) is 31.2 Å². The van der Waals surface area contributed by atoms with Crippen LogP contribution in [0.5, 0.6) is 0 Å². The van der Waals surface area contributed by atoms with Gasteiger partial charge in [-0.3, -0.25) is 14.6 Å². The normalized spacial score (nSPS) is 17.3. The molecule has 0 fully saturated rings. The monoisotopic (exact) mass is 506 g/mol. The Hall–Kier alpha value is -3.27. The summed E-state index contributed by atoms with van der Waals surface area (Å²) in [6.45, 7) is 5.11. The molecule has 1 heterocycles. The molecule has 2 unspecified atom stereocenters. The third-order valence-corrected chi connectivity index (χ3v) is 6.88. The van der Waals surface area contributed by atoms with Crippen LogP contribution in [-0.2, 0) is 19.4 Å². The molecule has 0 saturated carbocycles. The van der Waals surface area contributed by atoms with Crippen LogP contribution in [0.1, 0.15) is 55.8 Å². The summed E-state index contributed by atoms with van der Waals surface area (Å²) >= 11 is 0. The number of rotatable bonds is 7. The molecule has 0 saturated heterocycles. The van der Waals surface area contributed by atoms with Gasteiger partial charge in [0.15, 0.2) is 15.6 Å². The van der Waals surface area contributed by atoms with Crippen molar-refractivity contribution in [3.05, 3.63) is 76.7 Å². The predicted molar refractivity (Wildman–Crippen MR) is 126 cm³/mol. The number of hydrogen-bond donors (Lipinski definition) is 1. The average Bonchev–Trinajstić information content (AvgIpc) is 2.76. The van der Waals surface area contributed by atoms with Crippen LogP contribution in [0, 0.1) is 11.7 Å². The maximum Gasteiger partial charge on any atom is 0.263 e. The molecule has 6 nitrogen and oxygen atoms in total. The highest BCUT2D eigenvalue weighted by Crippen LogP contribution is 2.31. The van der Waals surface area contributed by atoms with Gasteiger partial charge in [-0.1, -0.05) is 38.1 Å². The summed E-state index contributed by atoms with van der Waals surface area (Å²) in [5.41, 5.74) is 0.469. The highest BCUT2D eigenvalue weighted by atomic mass is 32.2. The molecule has 1 aliphatic heterocycles. The molecule has 2 aromatic rings. The number of Topliss-reactive ketones (excluding diaryl/α,β-unsaturated/α-hetero) is 1. The summed E-state index contributed by atoms with van der Waals surface area (Å²) < 4.78 is 64.2. The summed E-state index contributed by atoms with van der Waals surface area (Å²) in [4.78, 5) is 30.0. The Bertz CT molecular complexity index is 1330. The van der Waals surface area contributed by atoms with Crippen molar-refractivity contribution in [1.82, 2.24) is 5.32 Å². The van der Waals surface area contributed by atoms with E-state index >= 15 is 0 Å². The Kier molecular flexibility index (Phi) is 7.64. The number of alkyl halides is 2. The van der Waals surface area contributed by atoms with Gasteiger partial charge in [0.2, 0.25) is 0 Å². The zero-order chi connectivity index (χ0) is 26.1. The Morgan fingerprint density at radius 3 is 2.34 bits per heavy atom. The number of carbonyl (C=O) groups excluding carboxylic acids is 2. The molecule has 0 bridgehead atoms. The van der Waals surface area contributed by atoms with Crippen LogP contribution >= 0.6 is 0 Å². The number of sulfone groups is 1. The molecule has 1 N–H and O–H groups in total. The minimum atomic E-state index is -3.77. The first-order valence-corrected chi connectivity index (χ1v) is 12.7. The van der Waals surface area contributed by atoms with Gasteiger partial charge in [0.05, 0.1) is 12.0 Å². The number of aliphatic imine (C=N–C) groups is 1. The number of nitrogens with one attached hydrogen (secondary N) is 1. The van der Waals surface area contributed by atoms with E-state index in [4.69, 9.17) is 0 Å². The lowest BCUT2D eigenvalue weighted by Gasteiger charge is -2.26. The first-order valence-electron chi connectivity index (χ1n) is 10.8. The predicted octanol–water partition coefficient (Wildman–Crippen LogP) is 4.69. The second kappa shape index (κ2) is 10.2. The van der Waals surface area contributed by atoms with E-state index in [2.05, 4.69) is 10.3 Å². The largest absolute Gasteiger partial charge is 0.345 e. The fourth-order valence-corrected chi connectivity index (χ4v) is 4.68. The number of ketones is 1. The van der Waals surface area contributed by atoms with Crippen molar-refractivity contribution in [3.63, 3.8) is 0 Å². The highest BCUT2D eigenvalue weighted by Gasteiger charge is 2.34. The summed E-state index contributed by atoms with van der Waals surface area (Å²) in [5.74, 6) is -3.54. The van der Waals surface area contributed by atoms with Crippen LogP contribution in [0.2, 0.25) is 0 Å². The standard InChI is InChI=1S/C25H25F3N2O4S/c1-13(2)22(16-8-9-20(19(26)11-16)35(4,33)34)30-25(32)18-12-29-14(3)21(23(18)31)15-6-5-7-17(10-15)24(27)28/h5-13,21-22,24H,1-4H3,(H,30,32). The number of nitrogens with zero attached hydrogens (tertiary/aromatic N) is 1. The number of benzene rings is 2. The van der Waals surface area contributed by atoms with Gasteiger partial charge in [0.1, 0.15) is 16.3 Å². The fraction of sp³-hybridized carbons (Fsp3) is 0.320. The second-order valence-electron chi connectivity index (χ2n) is 8.74. The van der Waals surface area contributed by atoms with Crippen molar-refractivity contribution in [1.29, 1.82) is 0 Å². The summed E-state index contributed by atoms with van der Waals surface area (Å²) in [6.07, 6.45) is -0.694. The number of carbonyl (C=O) groups is 2. The van der Waals surface area contributed by atoms with Crippen LogP contribution in [0.15, 0.2) is 64.1 Å². The van der Waals surface area contributed by atoms with E-state index in [-0.39, 0.29) is 17.1 Å². The van der Waals surface area contributed by atoms with E-state index < -0.39 is 50.6 Å². The van der Waals surface area contributed by atoms with Gasteiger partial charge < -0.3 is 5.32 Å². The first kappa shape index (κ1) is 26.3. The highest BCUT2D eigenvalue weighted by molar-refractivity contribution is 7.90. The third-order valence-electron chi connectivity index (χ3n) is 5.75. The Morgan fingerprint density at radius 2 is 1.77 bits per heavy atom. The zero-order valence-electron chi connectivity index (χ0n) is 19.6. The Labute approximate surface area is 201 Å². The summed E-state index contributed by atoms with van der Waals surface area (Å²) in [6, 6.07) is 8.24. The van der Waals surface area contributed by atoms with E-state index in [0.29, 0.717) is 16.8 Å². The van der Waals surface area contributed by atoms with Gasteiger partial charge in [0, 0.05) is 23.7 Å². The minimum absolute atomic E-state index is 0.245. The number of amides is 1. The molecule has 2 aromatic carbocycles. The topological polar surface area (TPSA) is 92.7 Å². The third kappa shape index (κ3) is 5.70. The van der Waals surface area contributed by atoms with Gasteiger partial charge in [0.25, 0.3) is 12.3 Å². The molecule has 2 atom stereocenters. The van der Waals surface area contributed by atoms with Crippen molar-refractivity contribution >= 4 is 27.2 Å². The molecule has 1 amide bonds. The second-order valence-corrected chi connectivity index (χ2v) is 10.7. The van der Waals surface area contributed by atoms with Crippen LogP contribution in [0.3, 0.4) is 0 Å². The lowest BCUT2D eigenvalue weighted by molar-refractivity contribution is -0.123.